The van der Waals surface area contributed by atoms with Crippen molar-refractivity contribution in [3.8, 4) is 11.4 Å². The predicted molar refractivity (Wildman–Crippen MR) is 115 cm³/mol. The molecular formula is C23H30N4. The fourth-order valence-corrected chi connectivity index (χ4v) is 3.06. The quantitative estimate of drug-likeness (QED) is 0.629. The van der Waals surface area contributed by atoms with Crippen LogP contribution in [-0.2, 0) is 5.41 Å². The zero-order chi connectivity index (χ0) is 19.4. The van der Waals surface area contributed by atoms with Gasteiger partial charge in [-0.05, 0) is 50.2 Å². The van der Waals surface area contributed by atoms with Crippen molar-refractivity contribution < 1.29 is 0 Å². The molecule has 0 fully saturated rings. The molecular weight excluding hydrogens is 332 g/mol. The molecule has 0 bridgehead atoms. The summed E-state index contributed by atoms with van der Waals surface area (Å²) < 4.78 is 0. The number of hydrogen-bond donors (Lipinski definition) is 1. The number of benzene rings is 2. The van der Waals surface area contributed by atoms with Gasteiger partial charge in [-0.25, -0.2) is 9.97 Å². The molecule has 0 aliphatic heterocycles. The lowest BCUT2D eigenvalue weighted by atomic mass is 9.87. The van der Waals surface area contributed by atoms with Crippen LogP contribution < -0.4 is 5.32 Å². The van der Waals surface area contributed by atoms with Gasteiger partial charge in [-0.15, -0.1) is 0 Å². The summed E-state index contributed by atoms with van der Waals surface area (Å²) >= 11 is 0. The third-order valence-corrected chi connectivity index (χ3v) is 4.69. The van der Waals surface area contributed by atoms with Crippen molar-refractivity contribution in [2.75, 3.05) is 32.5 Å². The van der Waals surface area contributed by atoms with Gasteiger partial charge in [0, 0.05) is 17.5 Å². The summed E-state index contributed by atoms with van der Waals surface area (Å²) in [6.45, 7) is 8.62. The minimum absolute atomic E-state index is 0.141. The van der Waals surface area contributed by atoms with Gasteiger partial charge in [0.05, 0.1) is 5.52 Å². The Bertz CT molecular complexity index is 892. The SMILES string of the molecule is CN(C)CCCNc1nc(-c2ccc(C(C)(C)C)cc2)nc2ccccc12. The van der Waals surface area contributed by atoms with Crippen LogP contribution in [0, 0.1) is 0 Å². The Kier molecular flexibility index (Phi) is 5.76. The van der Waals surface area contributed by atoms with Gasteiger partial charge in [-0.2, -0.15) is 0 Å². The van der Waals surface area contributed by atoms with Crippen molar-refractivity contribution in [2.24, 2.45) is 0 Å². The monoisotopic (exact) mass is 362 g/mol. The summed E-state index contributed by atoms with van der Waals surface area (Å²) in [6.07, 6.45) is 1.07. The van der Waals surface area contributed by atoms with E-state index in [1.165, 1.54) is 5.56 Å². The number of anilines is 1. The molecule has 0 unspecified atom stereocenters. The molecule has 0 radical (unpaired) electrons. The normalized spacial score (nSPS) is 11.9. The van der Waals surface area contributed by atoms with Crippen LogP contribution in [0.4, 0.5) is 5.82 Å². The standard InChI is InChI=1S/C23H30N4/c1-23(2,3)18-13-11-17(12-14-18)21-25-20-10-7-6-9-19(20)22(26-21)24-15-8-16-27(4)5/h6-7,9-14H,8,15-16H2,1-5H3,(H,24,25,26). The van der Waals surface area contributed by atoms with Gasteiger partial charge in [0.2, 0.25) is 0 Å². The fourth-order valence-electron chi connectivity index (χ4n) is 3.06. The Morgan fingerprint density at radius 1 is 0.926 bits per heavy atom. The molecule has 0 amide bonds. The highest BCUT2D eigenvalue weighted by atomic mass is 15.1. The van der Waals surface area contributed by atoms with Crippen LogP contribution in [0.15, 0.2) is 48.5 Å². The van der Waals surface area contributed by atoms with Gasteiger partial charge in [0.15, 0.2) is 5.82 Å². The molecule has 3 aromatic rings. The smallest absolute Gasteiger partial charge is 0.162 e. The molecule has 1 N–H and O–H groups in total. The number of fused-ring (bicyclic) bond motifs is 1. The summed E-state index contributed by atoms with van der Waals surface area (Å²) in [5.41, 5.74) is 3.47. The van der Waals surface area contributed by atoms with E-state index in [1.807, 2.05) is 12.1 Å². The molecule has 142 valence electrons. The molecule has 0 aliphatic carbocycles. The topological polar surface area (TPSA) is 41.0 Å². The zero-order valence-corrected chi connectivity index (χ0v) is 17.1. The zero-order valence-electron chi connectivity index (χ0n) is 17.1. The first-order valence-electron chi connectivity index (χ1n) is 9.61. The first-order chi connectivity index (χ1) is 12.8. The van der Waals surface area contributed by atoms with Crippen molar-refractivity contribution in [1.82, 2.24) is 14.9 Å². The Balaban J connectivity index is 1.91. The van der Waals surface area contributed by atoms with Crippen LogP contribution in [0.5, 0.6) is 0 Å². The van der Waals surface area contributed by atoms with Crippen LogP contribution in [0.25, 0.3) is 22.3 Å². The van der Waals surface area contributed by atoms with Crippen LogP contribution in [-0.4, -0.2) is 42.1 Å². The van der Waals surface area contributed by atoms with Gasteiger partial charge in [-0.3, -0.25) is 0 Å². The van der Waals surface area contributed by atoms with Gasteiger partial charge in [0.1, 0.15) is 5.82 Å². The maximum atomic E-state index is 4.84. The molecule has 27 heavy (non-hydrogen) atoms. The molecule has 0 aliphatic rings. The van der Waals surface area contributed by atoms with Crippen LogP contribution in [0.1, 0.15) is 32.8 Å². The van der Waals surface area contributed by atoms with Crippen molar-refractivity contribution in [3.05, 3.63) is 54.1 Å². The second kappa shape index (κ2) is 8.05. The van der Waals surface area contributed by atoms with Crippen LogP contribution in [0.3, 0.4) is 0 Å². The Labute approximate surface area is 162 Å². The average Bonchev–Trinajstić information content (AvgIpc) is 2.64. The number of rotatable bonds is 6. The van der Waals surface area contributed by atoms with E-state index < -0.39 is 0 Å². The van der Waals surface area contributed by atoms with Gasteiger partial charge in [0.25, 0.3) is 0 Å². The van der Waals surface area contributed by atoms with Crippen LogP contribution >= 0.6 is 0 Å². The number of aromatic nitrogens is 2. The molecule has 3 rings (SSSR count). The Hall–Kier alpha value is -2.46. The van der Waals surface area contributed by atoms with E-state index in [0.717, 1.165) is 47.6 Å². The molecule has 2 aromatic carbocycles. The lowest BCUT2D eigenvalue weighted by molar-refractivity contribution is 0.405. The highest BCUT2D eigenvalue weighted by molar-refractivity contribution is 5.90. The minimum atomic E-state index is 0.141. The molecule has 1 heterocycles. The molecule has 1 aromatic heterocycles. The second-order valence-corrected chi connectivity index (χ2v) is 8.32. The fraction of sp³-hybridized carbons (Fsp3) is 0.391. The minimum Gasteiger partial charge on any atom is -0.369 e. The largest absolute Gasteiger partial charge is 0.369 e. The third-order valence-electron chi connectivity index (χ3n) is 4.69. The van der Waals surface area contributed by atoms with Crippen molar-refractivity contribution in [2.45, 2.75) is 32.6 Å². The number of nitrogens with one attached hydrogen (secondary N) is 1. The second-order valence-electron chi connectivity index (χ2n) is 8.32. The molecule has 0 saturated carbocycles. The summed E-state index contributed by atoms with van der Waals surface area (Å²) in [5, 5.41) is 4.58. The number of para-hydroxylation sites is 1. The highest BCUT2D eigenvalue weighted by Crippen LogP contribution is 2.27. The lowest BCUT2D eigenvalue weighted by Gasteiger charge is -2.19. The summed E-state index contributed by atoms with van der Waals surface area (Å²) in [4.78, 5) is 11.8. The van der Waals surface area contributed by atoms with Crippen LogP contribution in [0.2, 0.25) is 0 Å². The predicted octanol–water partition coefficient (Wildman–Crippen LogP) is 4.96. The summed E-state index contributed by atoms with van der Waals surface area (Å²) in [5.74, 6) is 1.68. The molecule has 0 spiro atoms. The van der Waals surface area contributed by atoms with E-state index in [2.05, 4.69) is 81.5 Å². The number of hydrogen-bond acceptors (Lipinski definition) is 4. The summed E-state index contributed by atoms with van der Waals surface area (Å²) in [7, 11) is 4.19. The first kappa shape index (κ1) is 19.3. The average molecular weight is 363 g/mol. The van der Waals surface area contributed by atoms with E-state index in [1.54, 1.807) is 0 Å². The van der Waals surface area contributed by atoms with Gasteiger partial charge in [-0.1, -0.05) is 57.2 Å². The van der Waals surface area contributed by atoms with E-state index in [-0.39, 0.29) is 5.41 Å². The van der Waals surface area contributed by atoms with E-state index in [9.17, 15) is 0 Å². The first-order valence-corrected chi connectivity index (χ1v) is 9.61. The van der Waals surface area contributed by atoms with Crippen molar-refractivity contribution in [3.63, 3.8) is 0 Å². The molecule has 4 heteroatoms. The summed E-state index contributed by atoms with van der Waals surface area (Å²) in [6, 6.07) is 16.8. The molecule has 4 nitrogen and oxygen atoms in total. The van der Waals surface area contributed by atoms with Crippen molar-refractivity contribution in [1.29, 1.82) is 0 Å². The van der Waals surface area contributed by atoms with E-state index in [0.29, 0.717) is 0 Å². The van der Waals surface area contributed by atoms with Crippen molar-refractivity contribution >= 4 is 16.7 Å². The van der Waals surface area contributed by atoms with E-state index in [4.69, 9.17) is 9.97 Å². The lowest BCUT2D eigenvalue weighted by Crippen LogP contribution is -2.17. The Morgan fingerprint density at radius 2 is 1.63 bits per heavy atom. The maximum absolute atomic E-state index is 4.84. The maximum Gasteiger partial charge on any atom is 0.162 e. The molecule has 0 saturated heterocycles. The highest BCUT2D eigenvalue weighted by Gasteiger charge is 2.14. The third kappa shape index (κ3) is 4.83. The molecule has 0 atom stereocenters. The van der Waals surface area contributed by atoms with E-state index >= 15 is 0 Å². The number of nitrogens with zero attached hydrogens (tertiary/aromatic N) is 3. The van der Waals surface area contributed by atoms with Gasteiger partial charge >= 0.3 is 0 Å². The Morgan fingerprint density at radius 3 is 2.30 bits per heavy atom. The van der Waals surface area contributed by atoms with Gasteiger partial charge < -0.3 is 10.2 Å².